The third kappa shape index (κ3) is 3.25. The zero-order valence-electron chi connectivity index (χ0n) is 11.2. The number of nitrogens with zero attached hydrogens (tertiary/aromatic N) is 1. The smallest absolute Gasteiger partial charge is 0.277 e. The molecule has 0 bridgehead atoms. The normalized spacial score (nSPS) is 9.75. The van der Waals surface area contributed by atoms with E-state index >= 15 is 0 Å². The summed E-state index contributed by atoms with van der Waals surface area (Å²) in [4.78, 5) is 11.9. The van der Waals surface area contributed by atoms with Gasteiger partial charge in [-0.05, 0) is 31.5 Å². The first-order chi connectivity index (χ1) is 9.60. The van der Waals surface area contributed by atoms with Crippen LogP contribution in [0, 0.1) is 25.7 Å². The highest BCUT2D eigenvalue weighted by Gasteiger charge is 2.11. The average Bonchev–Trinajstić information content (AvgIpc) is 2.86. The van der Waals surface area contributed by atoms with Gasteiger partial charge in [0.15, 0.2) is 5.69 Å². The fourth-order valence-corrected chi connectivity index (χ4v) is 1.64. The number of carbonyl (C=O) groups excluding carboxylic acids is 1. The van der Waals surface area contributed by atoms with Crippen molar-refractivity contribution in [2.24, 2.45) is 0 Å². The highest BCUT2D eigenvalue weighted by Crippen LogP contribution is 2.15. The van der Waals surface area contributed by atoms with Gasteiger partial charge in [-0.25, -0.2) is 0 Å². The second-order valence-electron chi connectivity index (χ2n) is 4.27. The Hall–Kier alpha value is -2.58. The van der Waals surface area contributed by atoms with E-state index in [0.717, 1.165) is 11.1 Å². The molecule has 1 amide bonds. The van der Waals surface area contributed by atoms with E-state index in [1.807, 2.05) is 13.0 Å². The largest absolute Gasteiger partial charge is 0.384 e. The topological polar surface area (TPSA) is 75.4 Å². The number of hydrogen-bond acceptors (Lipinski definition) is 4. The summed E-state index contributed by atoms with van der Waals surface area (Å²) < 4.78 is 4.86. The molecule has 5 heteroatoms. The lowest BCUT2D eigenvalue weighted by atomic mass is 10.1. The molecule has 0 spiro atoms. The summed E-state index contributed by atoms with van der Waals surface area (Å²) in [5.74, 6) is 5.66. The van der Waals surface area contributed by atoms with Crippen LogP contribution in [0.3, 0.4) is 0 Å². The minimum atomic E-state index is -0.341. The summed E-state index contributed by atoms with van der Waals surface area (Å²) in [6, 6.07) is 6.95. The number of anilines is 1. The standard InChI is InChI=1S/C15H14N2O3/c1-10-5-6-13(9-12(10)4-3-7-18)16-15(19)14-8-11(2)20-17-14/h5-6,8-9,18H,7H2,1-2H3,(H,16,19). The van der Waals surface area contributed by atoms with E-state index in [4.69, 9.17) is 9.63 Å². The number of benzene rings is 1. The van der Waals surface area contributed by atoms with Crippen LogP contribution in [-0.4, -0.2) is 22.8 Å². The summed E-state index contributed by atoms with van der Waals surface area (Å²) in [6.45, 7) is 3.43. The van der Waals surface area contributed by atoms with Gasteiger partial charge in [-0.1, -0.05) is 23.1 Å². The van der Waals surface area contributed by atoms with Crippen LogP contribution in [0.5, 0.6) is 0 Å². The van der Waals surface area contributed by atoms with Gasteiger partial charge in [-0.2, -0.15) is 0 Å². The second-order valence-corrected chi connectivity index (χ2v) is 4.27. The SMILES string of the molecule is Cc1cc(C(=O)Nc2ccc(C)c(C#CCO)c2)no1. The molecule has 1 aromatic carbocycles. The van der Waals surface area contributed by atoms with Gasteiger partial charge in [0.25, 0.3) is 5.91 Å². The first kappa shape index (κ1) is 13.8. The molecule has 102 valence electrons. The highest BCUT2D eigenvalue weighted by molar-refractivity contribution is 6.02. The van der Waals surface area contributed by atoms with Gasteiger partial charge >= 0.3 is 0 Å². The van der Waals surface area contributed by atoms with E-state index in [0.29, 0.717) is 11.4 Å². The van der Waals surface area contributed by atoms with Gasteiger partial charge in [0.2, 0.25) is 0 Å². The maximum atomic E-state index is 11.9. The van der Waals surface area contributed by atoms with Crippen molar-refractivity contribution >= 4 is 11.6 Å². The number of aromatic nitrogens is 1. The predicted molar refractivity (Wildman–Crippen MR) is 74.3 cm³/mol. The van der Waals surface area contributed by atoms with Gasteiger partial charge in [0.05, 0.1) is 0 Å². The van der Waals surface area contributed by atoms with E-state index in [1.54, 1.807) is 25.1 Å². The molecule has 5 nitrogen and oxygen atoms in total. The maximum Gasteiger partial charge on any atom is 0.277 e. The van der Waals surface area contributed by atoms with Crippen LogP contribution in [0.4, 0.5) is 5.69 Å². The predicted octanol–water partition coefficient (Wildman–Crippen LogP) is 1.89. The number of nitrogens with one attached hydrogen (secondary N) is 1. The first-order valence-electron chi connectivity index (χ1n) is 6.05. The number of aliphatic hydroxyl groups excluding tert-OH is 1. The molecular weight excluding hydrogens is 256 g/mol. The molecule has 1 heterocycles. The molecule has 0 aliphatic heterocycles. The number of aryl methyl sites for hydroxylation is 2. The van der Waals surface area contributed by atoms with Gasteiger partial charge < -0.3 is 14.9 Å². The van der Waals surface area contributed by atoms with Crippen LogP contribution in [0.2, 0.25) is 0 Å². The Kier molecular flexibility index (Phi) is 4.18. The molecule has 2 aromatic rings. The van der Waals surface area contributed by atoms with Crippen LogP contribution >= 0.6 is 0 Å². The lowest BCUT2D eigenvalue weighted by Gasteiger charge is -2.05. The van der Waals surface area contributed by atoms with E-state index < -0.39 is 0 Å². The number of hydrogen-bond donors (Lipinski definition) is 2. The molecule has 0 aliphatic carbocycles. The first-order valence-corrected chi connectivity index (χ1v) is 6.05. The van der Waals surface area contributed by atoms with E-state index in [-0.39, 0.29) is 18.2 Å². The van der Waals surface area contributed by atoms with Gasteiger partial charge in [0.1, 0.15) is 12.4 Å². The fourth-order valence-electron chi connectivity index (χ4n) is 1.64. The van der Waals surface area contributed by atoms with Gasteiger partial charge in [-0.3, -0.25) is 4.79 Å². The van der Waals surface area contributed by atoms with Crippen molar-refractivity contribution < 1.29 is 14.4 Å². The minimum Gasteiger partial charge on any atom is -0.384 e. The Bertz CT molecular complexity index is 693. The van der Waals surface area contributed by atoms with Crippen molar-refractivity contribution in [1.82, 2.24) is 5.16 Å². The van der Waals surface area contributed by atoms with Gasteiger partial charge in [0, 0.05) is 17.3 Å². The van der Waals surface area contributed by atoms with Crippen molar-refractivity contribution in [3.05, 3.63) is 46.8 Å². The molecule has 0 saturated carbocycles. The third-order valence-corrected chi connectivity index (χ3v) is 2.66. The molecule has 2 rings (SSSR count). The number of aliphatic hydroxyl groups is 1. The lowest BCUT2D eigenvalue weighted by molar-refractivity contribution is 0.101. The van der Waals surface area contributed by atoms with Crippen molar-refractivity contribution in [3.8, 4) is 11.8 Å². The Morgan fingerprint density at radius 2 is 2.20 bits per heavy atom. The van der Waals surface area contributed by atoms with Crippen LogP contribution in [0.1, 0.15) is 27.4 Å². The lowest BCUT2D eigenvalue weighted by Crippen LogP contribution is -2.12. The summed E-state index contributed by atoms with van der Waals surface area (Å²) in [5, 5.41) is 15.1. The molecule has 0 aliphatic rings. The Labute approximate surface area is 116 Å². The molecule has 0 fully saturated rings. The molecule has 0 unspecified atom stereocenters. The number of rotatable bonds is 2. The quantitative estimate of drug-likeness (QED) is 0.817. The molecular formula is C15H14N2O3. The zero-order valence-corrected chi connectivity index (χ0v) is 11.2. The number of amides is 1. The summed E-state index contributed by atoms with van der Waals surface area (Å²) in [5.41, 5.74) is 2.57. The molecule has 20 heavy (non-hydrogen) atoms. The fraction of sp³-hybridized carbons (Fsp3) is 0.200. The monoisotopic (exact) mass is 270 g/mol. The third-order valence-electron chi connectivity index (χ3n) is 2.66. The molecule has 2 N–H and O–H groups in total. The van der Waals surface area contributed by atoms with E-state index in [9.17, 15) is 4.79 Å². The van der Waals surface area contributed by atoms with Crippen molar-refractivity contribution in [2.45, 2.75) is 13.8 Å². The maximum absolute atomic E-state index is 11.9. The summed E-state index contributed by atoms with van der Waals surface area (Å²) in [7, 11) is 0. The van der Waals surface area contributed by atoms with E-state index in [1.165, 1.54) is 0 Å². The van der Waals surface area contributed by atoms with Crippen molar-refractivity contribution in [1.29, 1.82) is 0 Å². The summed E-state index contributed by atoms with van der Waals surface area (Å²) >= 11 is 0. The molecule has 0 atom stereocenters. The van der Waals surface area contributed by atoms with Crippen molar-refractivity contribution in [2.75, 3.05) is 11.9 Å². The van der Waals surface area contributed by atoms with Gasteiger partial charge in [-0.15, -0.1) is 0 Å². The summed E-state index contributed by atoms with van der Waals surface area (Å²) in [6.07, 6.45) is 0. The van der Waals surface area contributed by atoms with Crippen LogP contribution in [0.25, 0.3) is 0 Å². The molecule has 0 saturated heterocycles. The van der Waals surface area contributed by atoms with Crippen LogP contribution in [0.15, 0.2) is 28.8 Å². The Morgan fingerprint density at radius 1 is 1.40 bits per heavy atom. The van der Waals surface area contributed by atoms with Crippen LogP contribution in [-0.2, 0) is 0 Å². The second kappa shape index (κ2) is 6.04. The zero-order chi connectivity index (χ0) is 14.5. The van der Waals surface area contributed by atoms with Crippen molar-refractivity contribution in [3.63, 3.8) is 0 Å². The Balaban J connectivity index is 2.19. The molecule has 0 radical (unpaired) electrons. The van der Waals surface area contributed by atoms with E-state index in [2.05, 4.69) is 22.3 Å². The molecule has 1 aromatic heterocycles. The van der Waals surface area contributed by atoms with Crippen LogP contribution < -0.4 is 5.32 Å². The number of carbonyl (C=O) groups is 1. The highest BCUT2D eigenvalue weighted by atomic mass is 16.5. The minimum absolute atomic E-state index is 0.200. The Morgan fingerprint density at radius 3 is 2.85 bits per heavy atom. The average molecular weight is 270 g/mol.